The third-order valence-corrected chi connectivity index (χ3v) is 4.61. The molecule has 0 bridgehead atoms. The number of pyridine rings is 1. The summed E-state index contributed by atoms with van der Waals surface area (Å²) in [5.74, 6) is 0. The van der Waals surface area contributed by atoms with Crippen molar-refractivity contribution in [3.8, 4) is 0 Å². The third kappa shape index (κ3) is 3.13. The molecule has 1 N–H and O–H groups in total. The summed E-state index contributed by atoms with van der Waals surface area (Å²) in [6.45, 7) is 1.97. The second-order valence-corrected chi connectivity index (χ2v) is 5.74. The summed E-state index contributed by atoms with van der Waals surface area (Å²) in [4.78, 5) is 5.38. The first-order chi connectivity index (χ1) is 8.72. The van der Waals surface area contributed by atoms with Crippen molar-refractivity contribution < 1.29 is 5.11 Å². The van der Waals surface area contributed by atoms with Crippen LogP contribution in [0.4, 0.5) is 0 Å². The quantitative estimate of drug-likeness (QED) is 0.903. The minimum atomic E-state index is -0.420. The first-order valence-electron chi connectivity index (χ1n) is 5.77. The molecule has 0 aliphatic carbocycles. The zero-order valence-corrected chi connectivity index (χ0v) is 12.4. The Bertz CT molecular complexity index is 533. The summed E-state index contributed by atoms with van der Waals surface area (Å²) in [7, 11) is 0. The fourth-order valence-electron chi connectivity index (χ4n) is 1.62. The molecule has 0 saturated heterocycles. The van der Waals surface area contributed by atoms with Gasteiger partial charge in [-0.05, 0) is 46.1 Å². The summed E-state index contributed by atoms with van der Waals surface area (Å²) in [5, 5.41) is 10.9. The number of halogens is 1. The Labute approximate surface area is 120 Å². The van der Waals surface area contributed by atoms with Crippen LogP contribution in [0.3, 0.4) is 0 Å². The van der Waals surface area contributed by atoms with E-state index in [4.69, 9.17) is 0 Å². The molecule has 0 spiro atoms. The lowest BCUT2D eigenvalue weighted by Gasteiger charge is -2.13. The summed E-state index contributed by atoms with van der Waals surface area (Å²) >= 11 is 5.05. The number of hydrogen-bond donors (Lipinski definition) is 1. The molecular formula is C14H14BrNOS. The first kappa shape index (κ1) is 13.6. The van der Waals surface area contributed by atoms with Crippen LogP contribution in [-0.2, 0) is 0 Å². The maximum absolute atomic E-state index is 10.0. The van der Waals surface area contributed by atoms with Gasteiger partial charge in [-0.2, -0.15) is 0 Å². The normalized spacial score (nSPS) is 12.4. The number of nitrogens with zero attached hydrogens (tertiary/aromatic N) is 1. The van der Waals surface area contributed by atoms with Crippen molar-refractivity contribution in [1.29, 1.82) is 0 Å². The summed E-state index contributed by atoms with van der Waals surface area (Å²) in [6.07, 6.45) is 2.06. The van der Waals surface area contributed by atoms with E-state index in [1.807, 2.05) is 43.3 Å². The Morgan fingerprint density at radius 2 is 2.06 bits per heavy atom. The molecule has 0 radical (unpaired) electrons. The number of aliphatic hydroxyl groups excluding tert-OH is 1. The van der Waals surface area contributed by atoms with Crippen LogP contribution in [0.25, 0.3) is 0 Å². The van der Waals surface area contributed by atoms with Crippen LogP contribution in [0.1, 0.15) is 25.0 Å². The molecule has 1 aromatic carbocycles. The molecule has 18 heavy (non-hydrogen) atoms. The van der Waals surface area contributed by atoms with E-state index in [0.29, 0.717) is 6.42 Å². The molecule has 2 nitrogen and oxygen atoms in total. The van der Waals surface area contributed by atoms with Gasteiger partial charge in [-0.3, -0.25) is 0 Å². The lowest BCUT2D eigenvalue weighted by molar-refractivity contribution is 0.171. The van der Waals surface area contributed by atoms with Crippen LogP contribution in [0.2, 0.25) is 0 Å². The highest BCUT2D eigenvalue weighted by Crippen LogP contribution is 2.36. The largest absolute Gasteiger partial charge is 0.388 e. The molecule has 0 fully saturated rings. The van der Waals surface area contributed by atoms with Crippen LogP contribution >= 0.6 is 27.7 Å². The average molecular weight is 324 g/mol. The molecule has 1 aromatic heterocycles. The van der Waals surface area contributed by atoms with E-state index in [0.717, 1.165) is 20.0 Å². The summed E-state index contributed by atoms with van der Waals surface area (Å²) in [5.41, 5.74) is 0.961. The minimum Gasteiger partial charge on any atom is -0.388 e. The van der Waals surface area contributed by atoms with Gasteiger partial charge >= 0.3 is 0 Å². The Balaban J connectivity index is 2.32. The van der Waals surface area contributed by atoms with E-state index in [1.54, 1.807) is 18.0 Å². The van der Waals surface area contributed by atoms with E-state index >= 15 is 0 Å². The maximum Gasteiger partial charge on any atom is 0.115 e. The fraction of sp³-hybridized carbons (Fsp3) is 0.214. The van der Waals surface area contributed by atoms with E-state index in [1.165, 1.54) is 0 Å². The molecule has 1 unspecified atom stereocenters. The number of benzene rings is 1. The van der Waals surface area contributed by atoms with Gasteiger partial charge in [0.1, 0.15) is 5.03 Å². The van der Waals surface area contributed by atoms with Crippen molar-refractivity contribution in [3.05, 3.63) is 52.6 Å². The van der Waals surface area contributed by atoms with Gasteiger partial charge in [0.2, 0.25) is 0 Å². The number of aliphatic hydroxyl groups is 1. The predicted molar refractivity (Wildman–Crippen MR) is 77.8 cm³/mol. The topological polar surface area (TPSA) is 33.1 Å². The van der Waals surface area contributed by atoms with Gasteiger partial charge in [-0.25, -0.2) is 4.98 Å². The zero-order valence-electron chi connectivity index (χ0n) is 10.0. The summed E-state index contributed by atoms with van der Waals surface area (Å²) < 4.78 is 0.968. The number of hydrogen-bond acceptors (Lipinski definition) is 3. The van der Waals surface area contributed by atoms with Crippen molar-refractivity contribution in [3.63, 3.8) is 0 Å². The molecule has 0 amide bonds. The van der Waals surface area contributed by atoms with Crippen molar-refractivity contribution in [2.45, 2.75) is 29.4 Å². The maximum atomic E-state index is 10.0. The molecule has 1 heterocycles. The van der Waals surface area contributed by atoms with Crippen molar-refractivity contribution in [1.82, 2.24) is 4.98 Å². The molecule has 0 aliphatic rings. The lowest BCUT2D eigenvalue weighted by atomic mass is 10.1. The molecule has 1 atom stereocenters. The molecule has 2 rings (SSSR count). The SMILES string of the molecule is CCC(O)c1ccccc1Sc1ncccc1Br. The van der Waals surface area contributed by atoms with Crippen LogP contribution in [-0.4, -0.2) is 10.1 Å². The zero-order chi connectivity index (χ0) is 13.0. The fourth-order valence-corrected chi connectivity index (χ4v) is 3.07. The molecule has 0 saturated carbocycles. The molecule has 94 valence electrons. The van der Waals surface area contributed by atoms with Gasteiger partial charge in [0.05, 0.1) is 10.6 Å². The highest BCUT2D eigenvalue weighted by molar-refractivity contribution is 9.10. The Kier molecular flexibility index (Phi) is 4.80. The van der Waals surface area contributed by atoms with E-state index < -0.39 is 6.10 Å². The van der Waals surface area contributed by atoms with Crippen LogP contribution < -0.4 is 0 Å². The van der Waals surface area contributed by atoms with Crippen LogP contribution in [0.5, 0.6) is 0 Å². The smallest absolute Gasteiger partial charge is 0.115 e. The Morgan fingerprint density at radius 3 is 2.78 bits per heavy atom. The van der Waals surface area contributed by atoms with Gasteiger partial charge in [0.15, 0.2) is 0 Å². The van der Waals surface area contributed by atoms with E-state index in [9.17, 15) is 5.11 Å². The van der Waals surface area contributed by atoms with Gasteiger partial charge in [0, 0.05) is 11.1 Å². The van der Waals surface area contributed by atoms with Crippen LogP contribution in [0, 0.1) is 0 Å². The third-order valence-electron chi connectivity index (χ3n) is 2.60. The number of aromatic nitrogens is 1. The Morgan fingerprint density at radius 1 is 1.28 bits per heavy atom. The van der Waals surface area contributed by atoms with Gasteiger partial charge in [-0.1, -0.05) is 36.9 Å². The highest BCUT2D eigenvalue weighted by Gasteiger charge is 2.12. The van der Waals surface area contributed by atoms with Crippen molar-refractivity contribution in [2.75, 3.05) is 0 Å². The van der Waals surface area contributed by atoms with E-state index in [-0.39, 0.29) is 0 Å². The van der Waals surface area contributed by atoms with Crippen molar-refractivity contribution in [2.24, 2.45) is 0 Å². The molecular weight excluding hydrogens is 310 g/mol. The number of rotatable bonds is 4. The predicted octanol–water partition coefficient (Wildman–Crippen LogP) is 4.44. The first-order valence-corrected chi connectivity index (χ1v) is 7.38. The van der Waals surface area contributed by atoms with Gasteiger partial charge in [0.25, 0.3) is 0 Å². The van der Waals surface area contributed by atoms with Gasteiger partial charge < -0.3 is 5.11 Å². The van der Waals surface area contributed by atoms with E-state index in [2.05, 4.69) is 20.9 Å². The molecule has 2 aromatic rings. The Hall–Kier alpha value is -0.840. The minimum absolute atomic E-state index is 0.420. The molecule has 0 aliphatic heterocycles. The molecule has 4 heteroatoms. The average Bonchev–Trinajstić information content (AvgIpc) is 2.41. The van der Waals surface area contributed by atoms with Crippen molar-refractivity contribution >= 4 is 27.7 Å². The second-order valence-electron chi connectivity index (χ2n) is 3.85. The lowest BCUT2D eigenvalue weighted by Crippen LogP contribution is -1.97. The highest BCUT2D eigenvalue weighted by atomic mass is 79.9. The van der Waals surface area contributed by atoms with Crippen LogP contribution in [0.15, 0.2) is 57.0 Å². The second kappa shape index (κ2) is 6.36. The van der Waals surface area contributed by atoms with Gasteiger partial charge in [-0.15, -0.1) is 0 Å². The monoisotopic (exact) mass is 323 g/mol. The summed E-state index contributed by atoms with van der Waals surface area (Å²) in [6, 6.07) is 11.8. The standard InChI is InChI=1S/C14H14BrNOS/c1-2-12(17)10-6-3-4-8-13(10)18-14-11(15)7-5-9-16-14/h3-9,12,17H,2H2,1H3.